The molecule has 2 aromatic rings. The van der Waals surface area contributed by atoms with Crippen LogP contribution in [0.4, 0.5) is 0 Å². The van der Waals surface area contributed by atoms with Crippen LogP contribution in [-0.4, -0.2) is 23.8 Å². The van der Waals surface area contributed by atoms with Gasteiger partial charge in [-0.25, -0.2) is 0 Å². The highest BCUT2D eigenvalue weighted by Gasteiger charge is 2.55. The lowest BCUT2D eigenvalue weighted by Crippen LogP contribution is -2.55. The predicted molar refractivity (Wildman–Crippen MR) is 101 cm³/mol. The van der Waals surface area contributed by atoms with Crippen LogP contribution in [0.2, 0.25) is 0 Å². The van der Waals surface area contributed by atoms with Crippen LogP contribution in [0, 0.1) is 5.92 Å². The summed E-state index contributed by atoms with van der Waals surface area (Å²) in [4.78, 5) is 2.59. The molecule has 2 fully saturated rings. The van der Waals surface area contributed by atoms with Gasteiger partial charge in [0.2, 0.25) is 0 Å². The Morgan fingerprint density at radius 3 is 2.48 bits per heavy atom. The molecular formula is C23H25NO. The molecule has 128 valence electrons. The van der Waals surface area contributed by atoms with Crippen LogP contribution in [0.25, 0.3) is 5.70 Å². The van der Waals surface area contributed by atoms with Gasteiger partial charge in [0.25, 0.3) is 0 Å². The van der Waals surface area contributed by atoms with Crippen molar-refractivity contribution in [2.45, 2.75) is 37.3 Å². The minimum Gasteiger partial charge on any atom is -0.353 e. The van der Waals surface area contributed by atoms with Gasteiger partial charge < -0.3 is 9.64 Å². The van der Waals surface area contributed by atoms with Crippen LogP contribution in [0.5, 0.6) is 0 Å². The SMILES string of the molecule is C1=C(c2ccccc2)N2CCO[C@@]23CCCC[C@@H]3[C@H]1c1ccccc1. The molecule has 0 amide bonds. The monoisotopic (exact) mass is 331 g/mol. The van der Waals surface area contributed by atoms with Gasteiger partial charge in [0, 0.05) is 24.1 Å². The lowest BCUT2D eigenvalue weighted by molar-refractivity contribution is -0.136. The van der Waals surface area contributed by atoms with Gasteiger partial charge in [0.15, 0.2) is 0 Å². The summed E-state index contributed by atoms with van der Waals surface area (Å²) in [5.41, 5.74) is 4.01. The second-order valence-corrected chi connectivity index (χ2v) is 7.55. The van der Waals surface area contributed by atoms with Gasteiger partial charge in [-0.1, -0.05) is 73.2 Å². The molecule has 2 heterocycles. The van der Waals surface area contributed by atoms with E-state index in [0.717, 1.165) is 19.6 Å². The molecule has 3 atom stereocenters. The van der Waals surface area contributed by atoms with Crippen molar-refractivity contribution in [2.75, 3.05) is 13.2 Å². The van der Waals surface area contributed by atoms with Crippen molar-refractivity contribution < 1.29 is 4.74 Å². The van der Waals surface area contributed by atoms with E-state index in [1.165, 1.54) is 36.1 Å². The van der Waals surface area contributed by atoms with Gasteiger partial charge in [-0.15, -0.1) is 0 Å². The molecular weight excluding hydrogens is 306 g/mol. The fourth-order valence-corrected chi connectivity index (χ4v) is 5.27. The van der Waals surface area contributed by atoms with Crippen LogP contribution < -0.4 is 0 Å². The summed E-state index contributed by atoms with van der Waals surface area (Å²) in [5.74, 6) is 0.990. The molecule has 5 rings (SSSR count). The zero-order valence-corrected chi connectivity index (χ0v) is 14.6. The van der Waals surface area contributed by atoms with Crippen molar-refractivity contribution in [3.63, 3.8) is 0 Å². The van der Waals surface area contributed by atoms with Crippen molar-refractivity contribution in [3.8, 4) is 0 Å². The van der Waals surface area contributed by atoms with E-state index in [1.54, 1.807) is 0 Å². The summed E-state index contributed by atoms with van der Waals surface area (Å²) in [6.07, 6.45) is 7.53. The van der Waals surface area contributed by atoms with Crippen molar-refractivity contribution in [2.24, 2.45) is 5.92 Å². The molecule has 0 bridgehead atoms. The molecule has 1 saturated carbocycles. The third-order valence-electron chi connectivity index (χ3n) is 6.32. The van der Waals surface area contributed by atoms with Gasteiger partial charge >= 0.3 is 0 Å². The molecule has 0 unspecified atom stereocenters. The molecule has 0 radical (unpaired) electrons. The van der Waals surface area contributed by atoms with E-state index in [-0.39, 0.29) is 5.72 Å². The van der Waals surface area contributed by atoms with Crippen molar-refractivity contribution in [1.29, 1.82) is 0 Å². The minimum atomic E-state index is -0.0985. The first-order valence-corrected chi connectivity index (χ1v) is 9.62. The Kier molecular flexibility index (Phi) is 3.67. The number of hydrogen-bond donors (Lipinski definition) is 0. The number of hydrogen-bond acceptors (Lipinski definition) is 2. The predicted octanol–water partition coefficient (Wildman–Crippen LogP) is 5.04. The largest absolute Gasteiger partial charge is 0.353 e. The topological polar surface area (TPSA) is 12.5 Å². The van der Waals surface area contributed by atoms with Gasteiger partial charge in [0.05, 0.1) is 6.61 Å². The fraction of sp³-hybridized carbons (Fsp3) is 0.391. The normalized spacial score (nSPS) is 31.2. The van der Waals surface area contributed by atoms with E-state index < -0.39 is 0 Å². The lowest BCUT2D eigenvalue weighted by Gasteiger charge is -2.53. The van der Waals surface area contributed by atoms with Crippen molar-refractivity contribution in [3.05, 3.63) is 77.9 Å². The Morgan fingerprint density at radius 2 is 1.68 bits per heavy atom. The van der Waals surface area contributed by atoms with Crippen LogP contribution >= 0.6 is 0 Å². The van der Waals surface area contributed by atoms with Crippen molar-refractivity contribution >= 4 is 5.70 Å². The van der Waals surface area contributed by atoms with E-state index in [0.29, 0.717) is 11.8 Å². The summed E-state index contributed by atoms with van der Waals surface area (Å²) in [5, 5.41) is 0. The summed E-state index contributed by atoms with van der Waals surface area (Å²) in [7, 11) is 0. The quantitative estimate of drug-likeness (QED) is 0.764. The number of rotatable bonds is 2. The fourth-order valence-electron chi connectivity index (χ4n) is 5.27. The van der Waals surface area contributed by atoms with Crippen LogP contribution in [0.15, 0.2) is 66.7 Å². The van der Waals surface area contributed by atoms with Crippen LogP contribution in [0.1, 0.15) is 42.7 Å². The molecule has 2 aromatic carbocycles. The number of ether oxygens (including phenoxy) is 1. The number of allylic oxidation sites excluding steroid dienone is 1. The number of nitrogens with zero attached hydrogens (tertiary/aromatic N) is 1. The minimum absolute atomic E-state index is 0.0985. The van der Waals surface area contributed by atoms with Crippen molar-refractivity contribution in [1.82, 2.24) is 4.90 Å². The molecule has 2 nitrogen and oxygen atoms in total. The third kappa shape index (κ3) is 2.35. The highest BCUT2D eigenvalue weighted by atomic mass is 16.5. The van der Waals surface area contributed by atoms with Gasteiger partial charge in [0.1, 0.15) is 5.72 Å². The average Bonchev–Trinajstić information content (AvgIpc) is 3.11. The standard InChI is InChI=1S/C23H25NO/c1-3-9-18(10-4-1)20-17-22(19-11-5-2-6-12-19)24-15-16-25-23(24)14-8-7-13-21(20)23/h1-6,9-12,17,20-21H,7-8,13-16H2/t20-,21-,23-/m1/s1. The van der Waals surface area contributed by atoms with Crippen LogP contribution in [0.3, 0.4) is 0 Å². The van der Waals surface area contributed by atoms with Crippen LogP contribution in [-0.2, 0) is 4.74 Å². The smallest absolute Gasteiger partial charge is 0.145 e. The van der Waals surface area contributed by atoms with E-state index in [1.807, 2.05) is 0 Å². The summed E-state index contributed by atoms with van der Waals surface area (Å²) < 4.78 is 6.54. The Bertz CT molecular complexity index is 769. The molecule has 1 spiro atoms. The maximum Gasteiger partial charge on any atom is 0.145 e. The maximum atomic E-state index is 6.54. The molecule has 25 heavy (non-hydrogen) atoms. The third-order valence-corrected chi connectivity index (χ3v) is 6.32. The molecule has 3 aliphatic rings. The average molecular weight is 331 g/mol. The summed E-state index contributed by atoms with van der Waals surface area (Å²) in [6.45, 7) is 1.86. The first-order valence-electron chi connectivity index (χ1n) is 9.62. The molecule has 2 heteroatoms. The Morgan fingerprint density at radius 1 is 0.920 bits per heavy atom. The molecule has 2 aliphatic heterocycles. The van der Waals surface area contributed by atoms with E-state index in [9.17, 15) is 0 Å². The second-order valence-electron chi connectivity index (χ2n) is 7.55. The van der Waals surface area contributed by atoms with Gasteiger partial charge in [-0.2, -0.15) is 0 Å². The maximum absolute atomic E-state index is 6.54. The Balaban J connectivity index is 1.68. The van der Waals surface area contributed by atoms with Gasteiger partial charge in [-0.3, -0.25) is 0 Å². The zero-order chi connectivity index (χ0) is 16.7. The molecule has 1 aliphatic carbocycles. The highest BCUT2D eigenvalue weighted by molar-refractivity contribution is 5.67. The summed E-state index contributed by atoms with van der Waals surface area (Å²) >= 11 is 0. The molecule has 0 N–H and O–H groups in total. The number of benzene rings is 2. The highest BCUT2D eigenvalue weighted by Crippen LogP contribution is 2.55. The summed E-state index contributed by atoms with van der Waals surface area (Å²) in [6, 6.07) is 21.9. The Hall–Kier alpha value is -2.06. The van der Waals surface area contributed by atoms with Gasteiger partial charge in [-0.05, 0) is 30.4 Å². The van der Waals surface area contributed by atoms with E-state index in [4.69, 9.17) is 4.74 Å². The van der Waals surface area contributed by atoms with E-state index >= 15 is 0 Å². The zero-order valence-electron chi connectivity index (χ0n) is 14.6. The lowest BCUT2D eigenvalue weighted by atomic mass is 9.68. The van der Waals surface area contributed by atoms with E-state index in [2.05, 4.69) is 71.6 Å². The first-order chi connectivity index (χ1) is 12.4. The molecule has 0 aromatic heterocycles. The Labute approximate surface area is 150 Å². The molecule has 1 saturated heterocycles. The first kappa shape index (κ1) is 15.2. The second kappa shape index (κ2) is 6.03.